The van der Waals surface area contributed by atoms with Gasteiger partial charge in [0.25, 0.3) is 0 Å². The normalized spacial score (nSPS) is 20.8. The van der Waals surface area contributed by atoms with Crippen molar-refractivity contribution in [2.24, 2.45) is 5.92 Å². The summed E-state index contributed by atoms with van der Waals surface area (Å²) in [5, 5.41) is 5.97. The van der Waals surface area contributed by atoms with Crippen LogP contribution < -0.4 is 15.5 Å². The van der Waals surface area contributed by atoms with Crippen LogP contribution >= 0.6 is 0 Å². The van der Waals surface area contributed by atoms with Gasteiger partial charge in [0.15, 0.2) is 0 Å². The molecule has 0 aliphatic carbocycles. The van der Waals surface area contributed by atoms with Gasteiger partial charge in [-0.1, -0.05) is 6.92 Å². The van der Waals surface area contributed by atoms with E-state index in [4.69, 9.17) is 4.74 Å². The van der Waals surface area contributed by atoms with Crippen molar-refractivity contribution >= 4 is 17.4 Å². The van der Waals surface area contributed by atoms with Gasteiger partial charge in [0, 0.05) is 37.6 Å². The molecule has 6 heteroatoms. The van der Waals surface area contributed by atoms with Gasteiger partial charge in [0.05, 0.1) is 13.2 Å². The third-order valence-corrected chi connectivity index (χ3v) is 5.76. The summed E-state index contributed by atoms with van der Waals surface area (Å²) in [5.41, 5.74) is 3.15. The number of hydrogen-bond acceptors (Lipinski definition) is 4. The molecule has 0 aromatic heterocycles. The third kappa shape index (κ3) is 6.38. The molecule has 2 aliphatic rings. The molecule has 2 aliphatic heterocycles. The van der Waals surface area contributed by atoms with Gasteiger partial charge in [0.1, 0.15) is 0 Å². The molecule has 2 heterocycles. The van der Waals surface area contributed by atoms with E-state index in [-0.39, 0.29) is 6.03 Å². The smallest absolute Gasteiger partial charge is 0.319 e. The molecule has 1 aromatic carbocycles. The number of urea groups is 1. The molecule has 3 rings (SSSR count). The summed E-state index contributed by atoms with van der Waals surface area (Å²) >= 11 is 0. The lowest BCUT2D eigenvalue weighted by molar-refractivity contribution is 0.122. The molecule has 1 atom stereocenters. The molecule has 6 nitrogen and oxygen atoms in total. The highest BCUT2D eigenvalue weighted by Crippen LogP contribution is 2.23. The van der Waals surface area contributed by atoms with Gasteiger partial charge in [-0.3, -0.25) is 0 Å². The summed E-state index contributed by atoms with van der Waals surface area (Å²) < 4.78 is 5.41. The first-order valence-electron chi connectivity index (χ1n) is 10.8. The predicted molar refractivity (Wildman–Crippen MR) is 115 cm³/mol. The second kappa shape index (κ2) is 10.7. The Hall–Kier alpha value is -1.79. The van der Waals surface area contributed by atoms with Crippen LogP contribution in [0.1, 0.15) is 38.2 Å². The average molecular weight is 389 g/mol. The molecule has 0 unspecified atom stereocenters. The molecule has 0 radical (unpaired) electrons. The predicted octanol–water partition coefficient (Wildman–Crippen LogP) is 3.47. The molecule has 28 heavy (non-hydrogen) atoms. The van der Waals surface area contributed by atoms with Crippen LogP contribution in [0, 0.1) is 12.8 Å². The Balaban J connectivity index is 1.35. The van der Waals surface area contributed by atoms with Crippen LogP contribution in [0.2, 0.25) is 0 Å². The minimum absolute atomic E-state index is 0.117. The second-order valence-corrected chi connectivity index (χ2v) is 8.23. The largest absolute Gasteiger partial charge is 0.378 e. The lowest BCUT2D eigenvalue weighted by atomic mass is 10.0. The summed E-state index contributed by atoms with van der Waals surface area (Å²) in [6.45, 7) is 12.1. The fraction of sp³-hybridized carbons (Fsp3) is 0.682. The molecule has 156 valence electrons. The molecule has 0 spiro atoms. The van der Waals surface area contributed by atoms with E-state index >= 15 is 0 Å². The van der Waals surface area contributed by atoms with Crippen molar-refractivity contribution in [2.45, 2.75) is 39.5 Å². The molecule has 0 bridgehead atoms. The zero-order valence-corrected chi connectivity index (χ0v) is 17.5. The van der Waals surface area contributed by atoms with Gasteiger partial charge in [-0.15, -0.1) is 0 Å². The Morgan fingerprint density at radius 1 is 1.21 bits per heavy atom. The number of rotatable bonds is 7. The van der Waals surface area contributed by atoms with Crippen LogP contribution in [-0.2, 0) is 4.74 Å². The fourth-order valence-electron chi connectivity index (χ4n) is 4.12. The Morgan fingerprint density at radius 3 is 2.79 bits per heavy atom. The molecule has 2 fully saturated rings. The fourth-order valence-corrected chi connectivity index (χ4v) is 4.12. The number of anilines is 2. The van der Waals surface area contributed by atoms with Crippen LogP contribution in [0.5, 0.6) is 0 Å². The molecule has 2 saturated heterocycles. The van der Waals surface area contributed by atoms with Gasteiger partial charge in [-0.2, -0.15) is 0 Å². The number of benzene rings is 1. The Labute approximate surface area is 169 Å². The summed E-state index contributed by atoms with van der Waals surface area (Å²) in [7, 11) is 0. The molecule has 0 saturated carbocycles. The lowest BCUT2D eigenvalue weighted by Crippen LogP contribution is -2.36. The molecule has 2 N–H and O–H groups in total. The van der Waals surface area contributed by atoms with Crippen molar-refractivity contribution in [2.75, 3.05) is 62.7 Å². The number of unbranched alkanes of at least 4 members (excludes halogenated alkanes) is 1. The SMILES string of the molecule is Cc1cc(N2CCOCC2)ccc1NC(=O)NCCCCN1CCC[C@H](C)C1. The minimum Gasteiger partial charge on any atom is -0.378 e. The molecule has 1 aromatic rings. The van der Waals surface area contributed by atoms with Crippen molar-refractivity contribution in [1.29, 1.82) is 0 Å². The average Bonchev–Trinajstić information content (AvgIpc) is 2.70. The number of morpholine rings is 1. The van der Waals surface area contributed by atoms with Gasteiger partial charge >= 0.3 is 6.03 Å². The summed E-state index contributed by atoms with van der Waals surface area (Å²) in [5.74, 6) is 0.829. The van der Waals surface area contributed by atoms with E-state index in [2.05, 4.69) is 39.5 Å². The van der Waals surface area contributed by atoms with E-state index in [1.54, 1.807) is 0 Å². The highest BCUT2D eigenvalue weighted by molar-refractivity contribution is 5.90. The summed E-state index contributed by atoms with van der Waals surface area (Å²) in [6.07, 6.45) is 4.85. The van der Waals surface area contributed by atoms with Gasteiger partial charge in [-0.25, -0.2) is 4.79 Å². The van der Waals surface area contributed by atoms with Crippen LogP contribution in [0.3, 0.4) is 0 Å². The maximum absolute atomic E-state index is 12.2. The Morgan fingerprint density at radius 2 is 2.04 bits per heavy atom. The monoisotopic (exact) mass is 388 g/mol. The zero-order chi connectivity index (χ0) is 19.8. The van der Waals surface area contributed by atoms with Crippen molar-refractivity contribution in [3.8, 4) is 0 Å². The van der Waals surface area contributed by atoms with Crippen molar-refractivity contribution in [1.82, 2.24) is 10.2 Å². The summed E-state index contributed by atoms with van der Waals surface area (Å²) in [6, 6.07) is 6.10. The maximum Gasteiger partial charge on any atom is 0.319 e. The van der Waals surface area contributed by atoms with E-state index in [1.807, 2.05) is 13.0 Å². The summed E-state index contributed by atoms with van der Waals surface area (Å²) in [4.78, 5) is 17.1. The highest BCUT2D eigenvalue weighted by atomic mass is 16.5. The lowest BCUT2D eigenvalue weighted by Gasteiger charge is -2.30. The van der Waals surface area contributed by atoms with Crippen molar-refractivity contribution in [3.05, 3.63) is 23.8 Å². The number of carbonyl (C=O) groups is 1. The van der Waals surface area contributed by atoms with Crippen molar-refractivity contribution < 1.29 is 9.53 Å². The second-order valence-electron chi connectivity index (χ2n) is 8.23. The quantitative estimate of drug-likeness (QED) is 0.703. The number of nitrogens with zero attached hydrogens (tertiary/aromatic N) is 2. The van der Waals surface area contributed by atoms with Crippen LogP contribution in [0.15, 0.2) is 18.2 Å². The minimum atomic E-state index is -0.117. The first-order valence-corrected chi connectivity index (χ1v) is 10.8. The number of nitrogens with one attached hydrogen (secondary N) is 2. The topological polar surface area (TPSA) is 56.8 Å². The maximum atomic E-state index is 12.2. The van der Waals surface area contributed by atoms with Crippen LogP contribution in [0.4, 0.5) is 16.2 Å². The number of hydrogen-bond donors (Lipinski definition) is 2. The van der Waals surface area contributed by atoms with E-state index in [0.29, 0.717) is 0 Å². The van der Waals surface area contributed by atoms with E-state index in [0.717, 1.165) is 69.4 Å². The van der Waals surface area contributed by atoms with E-state index < -0.39 is 0 Å². The molecular weight excluding hydrogens is 352 g/mol. The number of carbonyl (C=O) groups excluding carboxylic acids is 1. The first-order chi connectivity index (χ1) is 13.6. The van der Waals surface area contributed by atoms with E-state index in [9.17, 15) is 4.79 Å². The Bertz CT molecular complexity index is 631. The van der Waals surface area contributed by atoms with Crippen molar-refractivity contribution in [3.63, 3.8) is 0 Å². The molecular formula is C22H36N4O2. The van der Waals surface area contributed by atoms with Crippen LogP contribution in [-0.4, -0.2) is 63.4 Å². The highest BCUT2D eigenvalue weighted by Gasteiger charge is 2.15. The van der Waals surface area contributed by atoms with Gasteiger partial charge < -0.3 is 25.2 Å². The standard InChI is InChI=1S/C22H36N4O2/c1-18-6-5-11-25(17-18)10-4-3-9-23-22(27)24-21-8-7-20(16-19(21)2)26-12-14-28-15-13-26/h7-8,16,18H,3-6,9-15,17H2,1-2H3,(H2,23,24,27)/t18-/m0/s1. The first kappa shape index (κ1) is 20.9. The van der Waals surface area contributed by atoms with Gasteiger partial charge in [0.2, 0.25) is 0 Å². The van der Waals surface area contributed by atoms with E-state index in [1.165, 1.54) is 31.6 Å². The number of amides is 2. The van der Waals surface area contributed by atoms with Crippen LogP contribution in [0.25, 0.3) is 0 Å². The number of likely N-dealkylation sites (tertiary alicyclic amines) is 1. The molecule has 2 amide bonds. The number of ether oxygens (including phenoxy) is 1. The number of aryl methyl sites for hydroxylation is 1. The zero-order valence-electron chi connectivity index (χ0n) is 17.5. The third-order valence-electron chi connectivity index (χ3n) is 5.76. The van der Waals surface area contributed by atoms with Gasteiger partial charge in [-0.05, 0) is 75.4 Å². The Kier molecular flexibility index (Phi) is 7.98. The number of piperidine rings is 1.